The molecule has 1 amide bonds. The zero-order valence-electron chi connectivity index (χ0n) is 10.8. The van der Waals surface area contributed by atoms with Crippen molar-refractivity contribution < 1.29 is 4.79 Å². The van der Waals surface area contributed by atoms with E-state index in [0.717, 1.165) is 12.3 Å². The first-order chi connectivity index (χ1) is 8.54. The van der Waals surface area contributed by atoms with Crippen LogP contribution in [0.25, 0.3) is 0 Å². The average molecular weight is 270 g/mol. The summed E-state index contributed by atoms with van der Waals surface area (Å²) in [6.07, 6.45) is 1.32. The highest BCUT2D eigenvalue weighted by Crippen LogP contribution is 2.08. The summed E-state index contributed by atoms with van der Waals surface area (Å²) in [4.78, 5) is 32.0. The second-order valence-corrected chi connectivity index (χ2v) is 5.18. The topological polar surface area (TPSA) is 78.1 Å². The molecule has 0 aliphatic rings. The number of nitrogens with zero attached hydrogens (tertiary/aromatic N) is 2. The number of thioether (sulfide) groups is 1. The third-order valence-corrected chi connectivity index (χ3v) is 2.92. The van der Waals surface area contributed by atoms with Crippen LogP contribution in [0.4, 0.5) is 0 Å². The molecule has 1 aromatic rings. The summed E-state index contributed by atoms with van der Waals surface area (Å²) in [7, 11) is 3.83. The Kier molecular flexibility index (Phi) is 5.87. The first kappa shape index (κ1) is 14.7. The number of nitrogens with one attached hydrogen (secondary N) is 2. The smallest absolute Gasteiger partial charge is 0.264 e. The molecule has 0 bridgehead atoms. The number of likely N-dealkylation sites (N-methyl/N-ethyl adjacent to an activating group) is 1. The largest absolute Gasteiger partial charge is 0.351 e. The lowest BCUT2D eigenvalue weighted by Crippen LogP contribution is -2.34. The maximum atomic E-state index is 11.7. The van der Waals surface area contributed by atoms with E-state index in [2.05, 4.69) is 15.3 Å². The van der Waals surface area contributed by atoms with Gasteiger partial charge in [0.2, 0.25) is 0 Å². The maximum absolute atomic E-state index is 11.7. The molecule has 0 radical (unpaired) electrons. The number of rotatable bonds is 6. The van der Waals surface area contributed by atoms with Gasteiger partial charge in [0.05, 0.1) is 0 Å². The van der Waals surface area contributed by atoms with Crippen molar-refractivity contribution in [1.29, 1.82) is 0 Å². The molecule has 1 heterocycles. The van der Waals surface area contributed by atoms with Crippen molar-refractivity contribution in [2.45, 2.75) is 12.1 Å². The molecule has 18 heavy (non-hydrogen) atoms. The summed E-state index contributed by atoms with van der Waals surface area (Å²) < 4.78 is 0. The van der Waals surface area contributed by atoms with Gasteiger partial charge in [-0.3, -0.25) is 9.59 Å². The van der Waals surface area contributed by atoms with E-state index in [1.807, 2.05) is 25.9 Å². The summed E-state index contributed by atoms with van der Waals surface area (Å²) in [5.74, 6) is 0.427. The second kappa shape index (κ2) is 7.17. The molecule has 0 spiro atoms. The highest BCUT2D eigenvalue weighted by atomic mass is 32.2. The Labute approximate surface area is 110 Å². The summed E-state index contributed by atoms with van der Waals surface area (Å²) in [5.41, 5.74) is -0.350. The lowest BCUT2D eigenvalue weighted by Gasteiger charge is -2.10. The Balaban J connectivity index is 2.66. The summed E-state index contributed by atoms with van der Waals surface area (Å²) in [6, 6.07) is 0. The van der Waals surface area contributed by atoms with Gasteiger partial charge in [-0.2, -0.15) is 0 Å². The average Bonchev–Trinajstić information content (AvgIpc) is 2.28. The van der Waals surface area contributed by atoms with E-state index >= 15 is 0 Å². The predicted molar refractivity (Wildman–Crippen MR) is 72.1 cm³/mol. The van der Waals surface area contributed by atoms with Crippen molar-refractivity contribution in [3.05, 3.63) is 22.1 Å². The van der Waals surface area contributed by atoms with Crippen LogP contribution in [0.5, 0.6) is 0 Å². The van der Waals surface area contributed by atoms with Gasteiger partial charge in [-0.15, -0.1) is 0 Å². The Bertz CT molecular complexity index is 459. The standard InChI is InChI=1S/C11H18N4O2S/c1-4-18-11-13-7-8(10(17)14-11)9(16)12-5-6-15(2)3/h7H,4-6H2,1-3H3,(H,12,16)(H,13,14,17). The molecule has 1 aromatic heterocycles. The van der Waals surface area contributed by atoms with Gasteiger partial charge >= 0.3 is 0 Å². The Morgan fingerprint density at radius 1 is 1.56 bits per heavy atom. The number of aromatic amines is 1. The molecule has 0 atom stereocenters. The highest BCUT2D eigenvalue weighted by molar-refractivity contribution is 7.99. The number of amides is 1. The minimum atomic E-state index is -0.400. The minimum absolute atomic E-state index is 0.0502. The second-order valence-electron chi connectivity index (χ2n) is 3.92. The van der Waals surface area contributed by atoms with Crippen molar-refractivity contribution in [1.82, 2.24) is 20.2 Å². The quantitative estimate of drug-likeness (QED) is 0.569. The fraction of sp³-hybridized carbons (Fsp3) is 0.545. The molecule has 0 saturated heterocycles. The zero-order chi connectivity index (χ0) is 13.5. The zero-order valence-corrected chi connectivity index (χ0v) is 11.6. The fourth-order valence-electron chi connectivity index (χ4n) is 1.24. The first-order valence-electron chi connectivity index (χ1n) is 5.69. The lowest BCUT2D eigenvalue weighted by molar-refractivity contribution is 0.0949. The molecule has 0 aliphatic carbocycles. The van der Waals surface area contributed by atoms with E-state index < -0.39 is 11.5 Å². The number of hydrogen-bond acceptors (Lipinski definition) is 5. The fourth-order valence-corrected chi connectivity index (χ4v) is 1.80. The summed E-state index contributed by atoms with van der Waals surface area (Å²) >= 11 is 1.43. The SMILES string of the molecule is CCSc1ncc(C(=O)NCCN(C)C)c(=O)[nH]1. The summed E-state index contributed by atoms with van der Waals surface area (Å²) in [5, 5.41) is 3.21. The number of aromatic nitrogens is 2. The van der Waals surface area contributed by atoms with Crippen molar-refractivity contribution in [3.63, 3.8) is 0 Å². The molecule has 0 unspecified atom stereocenters. The van der Waals surface area contributed by atoms with Gasteiger partial charge < -0.3 is 15.2 Å². The third kappa shape index (κ3) is 4.50. The van der Waals surface area contributed by atoms with E-state index in [-0.39, 0.29) is 5.56 Å². The molecule has 7 heteroatoms. The molecular weight excluding hydrogens is 252 g/mol. The van der Waals surface area contributed by atoms with E-state index in [1.165, 1.54) is 18.0 Å². The van der Waals surface area contributed by atoms with Crippen LogP contribution in [0.1, 0.15) is 17.3 Å². The predicted octanol–water partition coefficient (Wildman–Crippen LogP) is 0.173. The van der Waals surface area contributed by atoms with E-state index in [4.69, 9.17) is 0 Å². The number of carbonyl (C=O) groups excluding carboxylic acids is 1. The van der Waals surface area contributed by atoms with Crippen LogP contribution in [-0.4, -0.2) is 53.7 Å². The van der Waals surface area contributed by atoms with Crippen molar-refractivity contribution in [3.8, 4) is 0 Å². The van der Waals surface area contributed by atoms with Gasteiger partial charge in [-0.1, -0.05) is 18.7 Å². The Hall–Kier alpha value is -1.34. The van der Waals surface area contributed by atoms with Gasteiger partial charge in [0.15, 0.2) is 5.16 Å². The monoisotopic (exact) mass is 270 g/mol. The molecule has 0 aliphatic heterocycles. The van der Waals surface area contributed by atoms with Crippen LogP contribution in [0.15, 0.2) is 16.1 Å². The molecule has 100 valence electrons. The molecule has 1 rings (SSSR count). The van der Waals surface area contributed by atoms with E-state index in [1.54, 1.807) is 0 Å². The van der Waals surface area contributed by atoms with Gasteiger partial charge in [-0.05, 0) is 19.8 Å². The molecule has 0 fully saturated rings. The molecule has 0 aromatic carbocycles. The Morgan fingerprint density at radius 3 is 2.83 bits per heavy atom. The third-order valence-electron chi connectivity index (χ3n) is 2.15. The van der Waals surface area contributed by atoms with E-state index in [0.29, 0.717) is 11.7 Å². The molecule has 6 nitrogen and oxygen atoms in total. The van der Waals surface area contributed by atoms with Crippen LogP contribution in [-0.2, 0) is 0 Å². The Morgan fingerprint density at radius 2 is 2.28 bits per heavy atom. The summed E-state index contributed by atoms with van der Waals surface area (Å²) in [6.45, 7) is 3.18. The van der Waals surface area contributed by atoms with Crippen LogP contribution in [0.2, 0.25) is 0 Å². The van der Waals surface area contributed by atoms with Crippen molar-refractivity contribution >= 4 is 17.7 Å². The van der Waals surface area contributed by atoms with Gasteiger partial charge in [0, 0.05) is 19.3 Å². The molecule has 0 saturated carbocycles. The van der Waals surface area contributed by atoms with E-state index in [9.17, 15) is 9.59 Å². The van der Waals surface area contributed by atoms with Crippen LogP contribution in [0, 0.1) is 0 Å². The van der Waals surface area contributed by atoms with Gasteiger partial charge in [0.25, 0.3) is 11.5 Å². The van der Waals surface area contributed by atoms with Crippen LogP contribution in [0.3, 0.4) is 0 Å². The number of carbonyl (C=O) groups is 1. The van der Waals surface area contributed by atoms with Crippen molar-refractivity contribution in [2.75, 3.05) is 32.9 Å². The maximum Gasteiger partial charge on any atom is 0.264 e. The minimum Gasteiger partial charge on any atom is -0.351 e. The lowest BCUT2D eigenvalue weighted by atomic mass is 10.3. The van der Waals surface area contributed by atoms with Crippen LogP contribution >= 0.6 is 11.8 Å². The number of H-pyrrole nitrogens is 1. The normalized spacial score (nSPS) is 10.7. The highest BCUT2D eigenvalue weighted by Gasteiger charge is 2.11. The van der Waals surface area contributed by atoms with Crippen molar-refractivity contribution in [2.24, 2.45) is 0 Å². The van der Waals surface area contributed by atoms with Gasteiger partial charge in [-0.25, -0.2) is 4.98 Å². The van der Waals surface area contributed by atoms with Gasteiger partial charge in [0.1, 0.15) is 5.56 Å². The van der Waals surface area contributed by atoms with Crippen LogP contribution < -0.4 is 10.9 Å². The first-order valence-corrected chi connectivity index (χ1v) is 6.68. The molecule has 2 N–H and O–H groups in total. The number of hydrogen-bond donors (Lipinski definition) is 2. The molecular formula is C11H18N4O2S.